The molecule has 0 radical (unpaired) electrons. The van der Waals surface area contributed by atoms with Gasteiger partial charge in [0.15, 0.2) is 0 Å². The average Bonchev–Trinajstić information content (AvgIpc) is 3.18. The topological polar surface area (TPSA) is 35.2 Å². The molecule has 3 heterocycles. The third-order valence-electron chi connectivity index (χ3n) is 7.72. The Hall–Kier alpha value is -3.43. The van der Waals surface area contributed by atoms with Gasteiger partial charge < -0.3 is 0 Å². The number of fused-ring (bicyclic) bond motifs is 2. The number of imidazole rings is 1. The van der Waals surface area contributed by atoms with Crippen molar-refractivity contribution in [3.8, 4) is 17.2 Å². The number of nitrogens with zero attached hydrogens (tertiary/aromatic N) is 4. The number of aromatic nitrogens is 3. The molecule has 1 unspecified atom stereocenters. The van der Waals surface area contributed by atoms with Crippen molar-refractivity contribution in [1.82, 2.24) is 14.1 Å². The van der Waals surface area contributed by atoms with Gasteiger partial charge in [0.25, 0.3) is 0 Å². The molecule has 39 heavy (non-hydrogen) atoms. The number of pyridine rings is 1. The molecule has 3 aromatic carbocycles. The number of hydrogen-bond acceptors (Lipinski definition) is 3. The monoisotopic (exact) mass is 697 g/mol. The van der Waals surface area contributed by atoms with Crippen molar-refractivity contribution in [2.24, 2.45) is 7.05 Å². The Morgan fingerprint density at radius 1 is 0.897 bits per heavy atom. The summed E-state index contributed by atoms with van der Waals surface area (Å²) >= 11 is 2.39. The van der Waals surface area contributed by atoms with Crippen LogP contribution < -0.4 is 9.64 Å². The van der Waals surface area contributed by atoms with Crippen LogP contribution in [0.3, 0.4) is 0 Å². The number of ether oxygens (including phenoxy) is 1. The summed E-state index contributed by atoms with van der Waals surface area (Å²) < 4.78 is 12.1. The minimum atomic E-state index is 0.0690. The molecule has 6 rings (SSSR count). The maximum absolute atomic E-state index is 6.49. The van der Waals surface area contributed by atoms with Crippen molar-refractivity contribution in [1.29, 1.82) is 0 Å². The van der Waals surface area contributed by atoms with E-state index in [-0.39, 0.29) is 5.41 Å². The second-order valence-electron chi connectivity index (χ2n) is 11.4. The van der Waals surface area contributed by atoms with E-state index in [9.17, 15) is 0 Å². The van der Waals surface area contributed by atoms with Crippen LogP contribution in [0.15, 0.2) is 85.1 Å². The van der Waals surface area contributed by atoms with Crippen molar-refractivity contribution in [3.63, 3.8) is 0 Å². The predicted molar refractivity (Wildman–Crippen MR) is 155 cm³/mol. The molecule has 0 bridgehead atoms. The summed E-state index contributed by atoms with van der Waals surface area (Å²) in [5, 5.41) is 0. The van der Waals surface area contributed by atoms with Gasteiger partial charge in [0.05, 0.1) is 0 Å². The van der Waals surface area contributed by atoms with E-state index in [2.05, 4.69) is 141 Å². The molecule has 1 aliphatic heterocycles. The van der Waals surface area contributed by atoms with Gasteiger partial charge in [0.2, 0.25) is 0 Å². The third-order valence-corrected chi connectivity index (χ3v) is 8.99. The Kier molecular flexibility index (Phi) is 6.59. The fourth-order valence-corrected chi connectivity index (χ4v) is 6.28. The van der Waals surface area contributed by atoms with Gasteiger partial charge in [-0.15, -0.1) is 0 Å². The first-order valence-corrected chi connectivity index (χ1v) is 14.6. The molecular weight excluding hydrogens is 663 g/mol. The first-order chi connectivity index (χ1) is 18.7. The molecule has 0 spiro atoms. The van der Waals surface area contributed by atoms with Crippen LogP contribution in [0.2, 0.25) is 0 Å². The van der Waals surface area contributed by atoms with Crippen LogP contribution in [-0.2, 0) is 31.8 Å². The molecule has 5 nitrogen and oxygen atoms in total. The van der Waals surface area contributed by atoms with Crippen LogP contribution in [0.1, 0.15) is 51.2 Å². The van der Waals surface area contributed by atoms with Gasteiger partial charge in [-0.2, -0.15) is 0 Å². The van der Waals surface area contributed by atoms with Gasteiger partial charge >= 0.3 is 198 Å². The van der Waals surface area contributed by atoms with Crippen LogP contribution >= 0.6 is 0 Å². The van der Waals surface area contributed by atoms with Gasteiger partial charge in [-0.25, -0.2) is 0 Å². The second kappa shape index (κ2) is 9.95. The van der Waals surface area contributed by atoms with E-state index in [4.69, 9.17) is 9.72 Å². The molecule has 1 atom stereocenters. The quantitative estimate of drug-likeness (QED) is 0.190. The van der Waals surface area contributed by atoms with Crippen molar-refractivity contribution < 1.29 is 24.1 Å². The molecular formula is C33H34N4OPt. The Bertz CT molecular complexity index is 1740. The van der Waals surface area contributed by atoms with Gasteiger partial charge in [-0.05, 0) is 17.0 Å². The second-order valence-corrected chi connectivity index (χ2v) is 12.5. The normalized spacial score (nSPS) is 15.5. The molecule has 0 amide bonds. The zero-order valence-corrected chi connectivity index (χ0v) is 25.4. The summed E-state index contributed by atoms with van der Waals surface area (Å²) in [4.78, 5) is 7.12. The predicted octanol–water partition coefficient (Wildman–Crippen LogP) is 8.18. The zero-order valence-electron chi connectivity index (χ0n) is 23.1. The molecule has 202 valence electrons. The molecule has 0 saturated carbocycles. The average molecular weight is 698 g/mol. The standard InChI is InChI=1S/C33H34N4O.Pt/c1-23-16-18-36(32-19-24(15-17-34-32)33(2,3)4)31-21-27(13-14-28(23)31)38-26-10-8-9-25(20-26)37-22-35(5)29-11-6-7-12-30(29)37;/h6-15,17,19-21,23H,16,18H2,1-5H3;. The van der Waals surface area contributed by atoms with E-state index >= 15 is 0 Å². The summed E-state index contributed by atoms with van der Waals surface area (Å²) in [6, 6.07) is 27.7. The van der Waals surface area contributed by atoms with E-state index in [1.807, 2.05) is 12.3 Å². The number of hydrogen-bond donors (Lipinski definition) is 0. The van der Waals surface area contributed by atoms with Crippen molar-refractivity contribution in [2.45, 2.75) is 45.4 Å². The molecule has 0 aliphatic carbocycles. The molecule has 0 fully saturated rings. The van der Waals surface area contributed by atoms with Gasteiger partial charge in [-0.1, -0.05) is 20.8 Å². The van der Waals surface area contributed by atoms with Gasteiger partial charge in [0.1, 0.15) is 0 Å². The summed E-state index contributed by atoms with van der Waals surface area (Å²) in [6.07, 6.45) is 3.03. The van der Waals surface area contributed by atoms with Crippen molar-refractivity contribution in [2.75, 3.05) is 11.4 Å². The van der Waals surface area contributed by atoms with Crippen molar-refractivity contribution >= 4 is 22.5 Å². The van der Waals surface area contributed by atoms with Crippen LogP contribution in [-0.4, -0.2) is 20.7 Å². The fourth-order valence-electron chi connectivity index (χ4n) is 5.44. The summed E-state index contributed by atoms with van der Waals surface area (Å²) in [5.74, 6) is 3.13. The number of aryl methyl sites for hydroxylation is 1. The minimum absolute atomic E-state index is 0.0690. The Labute approximate surface area is 241 Å². The van der Waals surface area contributed by atoms with E-state index in [1.165, 1.54) is 27.8 Å². The molecule has 6 heteroatoms. The van der Waals surface area contributed by atoms with Gasteiger partial charge in [0, 0.05) is 6.20 Å². The molecule has 0 N–H and O–H groups in total. The van der Waals surface area contributed by atoms with E-state index in [0.717, 1.165) is 39.8 Å². The molecule has 0 saturated heterocycles. The molecule has 5 aromatic rings. The van der Waals surface area contributed by atoms with Crippen LogP contribution in [0.5, 0.6) is 11.5 Å². The van der Waals surface area contributed by atoms with E-state index < -0.39 is 0 Å². The number of benzene rings is 3. The fraction of sp³-hybridized carbons (Fsp3) is 0.273. The van der Waals surface area contributed by atoms with Crippen LogP contribution in [0.4, 0.5) is 11.5 Å². The van der Waals surface area contributed by atoms with E-state index in [0.29, 0.717) is 5.92 Å². The summed E-state index contributed by atoms with van der Waals surface area (Å²) in [5.41, 5.74) is 7.32. The number of rotatable bonds is 4. The summed E-state index contributed by atoms with van der Waals surface area (Å²) in [6.45, 7) is 9.98. The Morgan fingerprint density at radius 2 is 1.67 bits per heavy atom. The first kappa shape index (κ1) is 25.8. The van der Waals surface area contributed by atoms with E-state index in [1.54, 1.807) is 0 Å². The van der Waals surface area contributed by atoms with Crippen LogP contribution in [0.25, 0.3) is 16.7 Å². The third kappa shape index (κ3) is 4.78. The van der Waals surface area contributed by atoms with Gasteiger partial charge in [-0.3, -0.25) is 0 Å². The zero-order chi connectivity index (χ0) is 27.3. The number of para-hydroxylation sites is 2. The summed E-state index contributed by atoms with van der Waals surface area (Å²) in [7, 11) is 2.10. The SMILES string of the molecule is CC1CCN(c2cc(C(C)(C)C)ccn2)c2cc(Oc3cccc(-n4[c](=[Pt])n(C)c5ccccc54)c3)ccc21. The number of anilines is 2. The Balaban J connectivity index is 1.36. The van der Waals surface area contributed by atoms with Crippen molar-refractivity contribution in [3.05, 3.63) is 100.0 Å². The maximum atomic E-state index is 6.49. The first-order valence-electron chi connectivity index (χ1n) is 13.5. The Morgan fingerprint density at radius 3 is 2.46 bits per heavy atom. The molecule has 2 aromatic heterocycles. The molecule has 1 aliphatic rings. The van der Waals surface area contributed by atoms with Crippen LogP contribution in [0, 0.1) is 3.80 Å².